The molecule has 2 amide bonds. The quantitative estimate of drug-likeness (QED) is 0.126. The lowest BCUT2D eigenvalue weighted by atomic mass is 10.1. The van der Waals surface area contributed by atoms with Crippen molar-refractivity contribution >= 4 is 46.6 Å². The van der Waals surface area contributed by atoms with E-state index in [2.05, 4.69) is 10.6 Å². The van der Waals surface area contributed by atoms with Crippen molar-refractivity contribution in [2.45, 2.75) is 13.1 Å². The maximum Gasteiger partial charge on any atom is 0.262 e. The maximum absolute atomic E-state index is 12.8. The molecular formula is C36H26N4O2S2. The second-order valence-electron chi connectivity index (χ2n) is 9.73. The molecule has 0 aliphatic carbocycles. The van der Waals surface area contributed by atoms with Gasteiger partial charge in [0.15, 0.2) is 0 Å². The van der Waals surface area contributed by atoms with Gasteiger partial charge in [-0.1, -0.05) is 84.9 Å². The molecule has 6 nitrogen and oxygen atoms in total. The molecule has 0 aliphatic heterocycles. The summed E-state index contributed by atoms with van der Waals surface area (Å²) in [6, 6.07) is 35.1. The number of nitrogens with one attached hydrogen (secondary N) is 2. The van der Waals surface area contributed by atoms with E-state index in [1.807, 2.05) is 120 Å². The fourth-order valence-electron chi connectivity index (χ4n) is 4.41. The van der Waals surface area contributed by atoms with Gasteiger partial charge in [-0.05, 0) is 68.4 Å². The van der Waals surface area contributed by atoms with E-state index in [0.29, 0.717) is 0 Å². The fraction of sp³-hybridized carbons (Fsp3) is 0.0556. The summed E-state index contributed by atoms with van der Waals surface area (Å²) in [7, 11) is 0. The number of carbonyl (C=O) groups excluding carboxylic acids is 2. The zero-order valence-corrected chi connectivity index (χ0v) is 25.1. The molecule has 2 heterocycles. The van der Waals surface area contributed by atoms with Gasteiger partial charge in [0.1, 0.15) is 23.3 Å². The normalized spacial score (nSPS) is 11.3. The van der Waals surface area contributed by atoms with Crippen LogP contribution in [0.4, 0.5) is 0 Å². The van der Waals surface area contributed by atoms with Crippen molar-refractivity contribution in [3.63, 3.8) is 0 Å². The van der Waals surface area contributed by atoms with Crippen molar-refractivity contribution in [1.82, 2.24) is 10.6 Å². The van der Waals surface area contributed by atoms with Gasteiger partial charge in [-0.25, -0.2) is 0 Å². The van der Waals surface area contributed by atoms with Crippen molar-refractivity contribution < 1.29 is 9.59 Å². The Bertz CT molecular complexity index is 1790. The molecule has 8 heteroatoms. The number of carbonyl (C=O) groups is 2. The molecule has 3 aromatic carbocycles. The third-order valence-electron chi connectivity index (χ3n) is 6.65. The topological polar surface area (TPSA) is 106 Å². The van der Waals surface area contributed by atoms with E-state index >= 15 is 0 Å². The van der Waals surface area contributed by atoms with Crippen LogP contribution in [0.5, 0.6) is 0 Å². The number of nitriles is 2. The van der Waals surface area contributed by atoms with E-state index in [1.54, 1.807) is 12.2 Å². The molecule has 5 aromatic rings. The van der Waals surface area contributed by atoms with Crippen LogP contribution in [0.2, 0.25) is 0 Å². The highest BCUT2D eigenvalue weighted by Gasteiger charge is 2.12. The molecule has 0 radical (unpaired) electrons. The molecular weight excluding hydrogens is 585 g/mol. The Morgan fingerprint density at radius 3 is 1.43 bits per heavy atom. The van der Waals surface area contributed by atoms with Crippen molar-refractivity contribution in [3.8, 4) is 34.4 Å². The SMILES string of the molecule is N#C/C(=C/c1cc(-c2ccccc2)cs1)C(=O)NCc1cccc(CNC(=O)/C(C#N)=C\c2cc(-c3ccccc3)cs2)c1. The highest BCUT2D eigenvalue weighted by molar-refractivity contribution is 7.11. The van der Waals surface area contributed by atoms with Crippen LogP contribution < -0.4 is 10.6 Å². The number of nitrogens with zero attached hydrogens (tertiary/aromatic N) is 2. The molecule has 2 N–H and O–H groups in total. The number of hydrogen-bond donors (Lipinski definition) is 2. The number of benzene rings is 3. The summed E-state index contributed by atoms with van der Waals surface area (Å²) in [5, 5.41) is 28.8. The average Bonchev–Trinajstić information content (AvgIpc) is 3.75. The lowest BCUT2D eigenvalue weighted by Crippen LogP contribution is -2.25. The van der Waals surface area contributed by atoms with E-state index in [0.717, 1.165) is 43.1 Å². The lowest BCUT2D eigenvalue weighted by Gasteiger charge is -2.08. The Balaban J connectivity index is 1.16. The zero-order chi connectivity index (χ0) is 30.7. The van der Waals surface area contributed by atoms with Crippen LogP contribution in [0.3, 0.4) is 0 Å². The van der Waals surface area contributed by atoms with Crippen molar-refractivity contribution in [1.29, 1.82) is 10.5 Å². The maximum atomic E-state index is 12.8. The highest BCUT2D eigenvalue weighted by Crippen LogP contribution is 2.28. The fourth-order valence-corrected chi connectivity index (χ4v) is 6.10. The first-order valence-electron chi connectivity index (χ1n) is 13.7. The summed E-state index contributed by atoms with van der Waals surface area (Å²) in [5.74, 6) is -0.928. The van der Waals surface area contributed by atoms with Gasteiger partial charge in [-0.3, -0.25) is 9.59 Å². The third kappa shape index (κ3) is 7.84. The monoisotopic (exact) mass is 610 g/mol. The molecule has 5 rings (SSSR count). The standard InChI is InChI=1S/C36H26N4O2S2/c37-19-29(15-33-17-31(23-43-33)27-10-3-1-4-11-27)35(41)39-21-25-8-7-9-26(14-25)22-40-36(42)30(20-38)16-34-18-32(24-44-34)28-12-5-2-6-13-28/h1-18,23-24H,21-22H2,(H,39,41)(H,40,42)/b29-15-,30-16-. The predicted molar refractivity (Wildman–Crippen MR) is 177 cm³/mol. The third-order valence-corrected chi connectivity index (χ3v) is 8.41. The minimum Gasteiger partial charge on any atom is -0.347 e. The van der Waals surface area contributed by atoms with Gasteiger partial charge in [-0.15, -0.1) is 22.7 Å². The Morgan fingerprint density at radius 1 is 0.591 bits per heavy atom. The summed E-state index contributed by atoms with van der Waals surface area (Å²) in [4.78, 5) is 27.2. The van der Waals surface area contributed by atoms with E-state index in [9.17, 15) is 20.1 Å². The van der Waals surface area contributed by atoms with E-state index in [4.69, 9.17) is 0 Å². The van der Waals surface area contributed by atoms with Crippen LogP contribution in [-0.4, -0.2) is 11.8 Å². The molecule has 214 valence electrons. The predicted octanol–water partition coefficient (Wildman–Crippen LogP) is 7.59. The summed E-state index contributed by atoms with van der Waals surface area (Å²) < 4.78 is 0. The van der Waals surface area contributed by atoms with Crippen LogP contribution in [0.1, 0.15) is 20.9 Å². The van der Waals surface area contributed by atoms with Crippen molar-refractivity contribution in [3.05, 3.63) is 140 Å². The summed E-state index contributed by atoms with van der Waals surface area (Å²) >= 11 is 2.94. The van der Waals surface area contributed by atoms with Gasteiger partial charge in [-0.2, -0.15) is 10.5 Å². The van der Waals surface area contributed by atoms with Crippen LogP contribution >= 0.6 is 22.7 Å². The van der Waals surface area contributed by atoms with E-state index < -0.39 is 11.8 Å². The number of amides is 2. The van der Waals surface area contributed by atoms with Gasteiger partial charge in [0.25, 0.3) is 11.8 Å². The summed E-state index contributed by atoms with van der Waals surface area (Å²) in [6.07, 6.45) is 3.19. The van der Waals surface area contributed by atoms with Gasteiger partial charge in [0.2, 0.25) is 0 Å². The van der Waals surface area contributed by atoms with Crippen LogP contribution in [0.15, 0.2) is 119 Å². The zero-order valence-electron chi connectivity index (χ0n) is 23.5. The minimum absolute atomic E-state index is 0.0207. The molecule has 0 atom stereocenters. The molecule has 0 unspecified atom stereocenters. The van der Waals surface area contributed by atoms with Crippen LogP contribution in [0, 0.1) is 22.7 Å². The average molecular weight is 611 g/mol. The van der Waals surface area contributed by atoms with E-state index in [1.165, 1.54) is 22.7 Å². The first-order chi connectivity index (χ1) is 21.5. The van der Waals surface area contributed by atoms with Gasteiger partial charge in [0.05, 0.1) is 0 Å². The Morgan fingerprint density at radius 2 is 1.02 bits per heavy atom. The van der Waals surface area contributed by atoms with Gasteiger partial charge >= 0.3 is 0 Å². The first-order valence-corrected chi connectivity index (χ1v) is 15.4. The Labute approximate surface area is 263 Å². The van der Waals surface area contributed by atoms with Crippen molar-refractivity contribution in [2.75, 3.05) is 0 Å². The number of hydrogen-bond acceptors (Lipinski definition) is 6. The molecule has 0 aliphatic rings. The highest BCUT2D eigenvalue weighted by atomic mass is 32.1. The molecule has 0 spiro atoms. The van der Waals surface area contributed by atoms with Crippen LogP contribution in [0.25, 0.3) is 34.4 Å². The van der Waals surface area contributed by atoms with Crippen molar-refractivity contribution in [2.24, 2.45) is 0 Å². The van der Waals surface area contributed by atoms with E-state index in [-0.39, 0.29) is 24.2 Å². The van der Waals surface area contributed by atoms with Crippen LogP contribution in [-0.2, 0) is 22.7 Å². The summed E-state index contributed by atoms with van der Waals surface area (Å²) in [6.45, 7) is 0.426. The largest absolute Gasteiger partial charge is 0.347 e. The molecule has 0 fully saturated rings. The smallest absolute Gasteiger partial charge is 0.262 e. The number of rotatable bonds is 10. The lowest BCUT2D eigenvalue weighted by molar-refractivity contribution is -0.118. The minimum atomic E-state index is -0.464. The molecule has 0 saturated heterocycles. The second-order valence-corrected chi connectivity index (χ2v) is 11.6. The molecule has 0 bridgehead atoms. The second kappa shape index (κ2) is 14.6. The summed E-state index contributed by atoms with van der Waals surface area (Å²) in [5.41, 5.74) is 5.87. The Hall–Kier alpha value is -5.54. The Kier molecular flexibility index (Phi) is 9.91. The molecule has 0 saturated carbocycles. The molecule has 44 heavy (non-hydrogen) atoms. The van der Waals surface area contributed by atoms with Gasteiger partial charge < -0.3 is 10.6 Å². The van der Waals surface area contributed by atoms with Gasteiger partial charge in [0, 0.05) is 22.8 Å². The number of thiophene rings is 2. The first kappa shape index (κ1) is 29.9. The molecule has 2 aromatic heterocycles.